The first kappa shape index (κ1) is 17.3. The van der Waals surface area contributed by atoms with Crippen molar-refractivity contribution in [3.63, 3.8) is 0 Å². The van der Waals surface area contributed by atoms with E-state index in [0.29, 0.717) is 39.3 Å². The molecule has 0 saturated heterocycles. The zero-order chi connectivity index (χ0) is 15.1. The summed E-state index contributed by atoms with van der Waals surface area (Å²) in [5.41, 5.74) is 6.45. The van der Waals surface area contributed by atoms with E-state index < -0.39 is 10.8 Å². The Bertz CT molecular complexity index is 486. The van der Waals surface area contributed by atoms with Crippen LogP contribution in [0.1, 0.15) is 26.2 Å². The molecular weight excluding hydrogens is 319 g/mol. The lowest BCUT2D eigenvalue weighted by atomic mass is 10.2. The molecule has 7 heteroatoms. The van der Waals surface area contributed by atoms with Gasteiger partial charge in [0.2, 0.25) is 5.91 Å². The fourth-order valence-electron chi connectivity index (χ4n) is 1.65. The van der Waals surface area contributed by atoms with Gasteiger partial charge in [-0.1, -0.05) is 30.1 Å². The Kier molecular flexibility index (Phi) is 7.34. The van der Waals surface area contributed by atoms with Crippen molar-refractivity contribution in [3.8, 4) is 0 Å². The Morgan fingerprint density at radius 1 is 1.35 bits per heavy atom. The smallest absolute Gasteiger partial charge is 0.224 e. The van der Waals surface area contributed by atoms with Crippen molar-refractivity contribution in [1.82, 2.24) is 0 Å². The van der Waals surface area contributed by atoms with Crippen molar-refractivity contribution >= 4 is 51.3 Å². The molecule has 0 aliphatic heterocycles. The molecule has 0 fully saturated rings. The average Bonchev–Trinajstić information content (AvgIpc) is 2.34. The minimum Gasteiger partial charge on any atom is -0.397 e. The molecule has 4 nitrogen and oxygen atoms in total. The van der Waals surface area contributed by atoms with Crippen LogP contribution in [0, 0.1) is 0 Å². The third-order valence-corrected chi connectivity index (χ3v) is 4.68. The zero-order valence-corrected chi connectivity index (χ0v) is 13.6. The molecule has 0 heterocycles. The molecule has 1 aromatic rings. The van der Waals surface area contributed by atoms with E-state index in [2.05, 4.69) is 5.32 Å². The second-order valence-electron chi connectivity index (χ2n) is 4.35. The minimum atomic E-state index is -0.843. The highest BCUT2D eigenvalue weighted by Crippen LogP contribution is 2.32. The van der Waals surface area contributed by atoms with Crippen LogP contribution in [0.2, 0.25) is 10.0 Å². The summed E-state index contributed by atoms with van der Waals surface area (Å²) in [6.07, 6.45) is 1.74. The van der Waals surface area contributed by atoms with Crippen LogP contribution in [0.4, 0.5) is 11.4 Å². The normalized spacial score (nSPS) is 12.2. The highest BCUT2D eigenvalue weighted by molar-refractivity contribution is 7.84. The molecule has 0 aliphatic rings. The second-order valence-corrected chi connectivity index (χ2v) is 6.89. The third kappa shape index (κ3) is 5.69. The average molecular weight is 337 g/mol. The van der Waals surface area contributed by atoms with Gasteiger partial charge in [-0.3, -0.25) is 9.00 Å². The molecule has 1 rings (SSSR count). The molecule has 0 saturated carbocycles. The van der Waals surface area contributed by atoms with Gasteiger partial charge in [0.25, 0.3) is 0 Å². The number of nitrogens with one attached hydrogen (secondary N) is 1. The van der Waals surface area contributed by atoms with Crippen molar-refractivity contribution in [1.29, 1.82) is 0 Å². The molecule has 0 radical (unpaired) electrons. The van der Waals surface area contributed by atoms with E-state index in [4.69, 9.17) is 28.9 Å². The van der Waals surface area contributed by atoms with E-state index in [0.717, 1.165) is 6.42 Å². The van der Waals surface area contributed by atoms with Crippen molar-refractivity contribution in [3.05, 3.63) is 22.2 Å². The molecule has 3 N–H and O–H groups in total. The van der Waals surface area contributed by atoms with Crippen LogP contribution in [0.3, 0.4) is 0 Å². The Labute approximate surface area is 131 Å². The summed E-state index contributed by atoms with van der Waals surface area (Å²) in [6, 6.07) is 3.05. The van der Waals surface area contributed by atoms with Crippen molar-refractivity contribution < 1.29 is 9.00 Å². The summed E-state index contributed by atoms with van der Waals surface area (Å²) in [5.74, 6) is 1.01. The van der Waals surface area contributed by atoms with E-state index in [9.17, 15) is 9.00 Å². The van der Waals surface area contributed by atoms with Crippen LogP contribution in [0.5, 0.6) is 0 Å². The SMILES string of the molecule is CCCS(=O)CCCC(=O)Nc1c(N)cc(Cl)cc1Cl. The van der Waals surface area contributed by atoms with Gasteiger partial charge >= 0.3 is 0 Å². The number of nitrogen functional groups attached to an aromatic ring is 1. The van der Waals surface area contributed by atoms with Gasteiger partial charge in [0.15, 0.2) is 0 Å². The lowest BCUT2D eigenvalue weighted by Crippen LogP contribution is -2.14. The summed E-state index contributed by atoms with van der Waals surface area (Å²) in [6.45, 7) is 1.98. The molecule has 1 atom stereocenters. The van der Waals surface area contributed by atoms with Crippen LogP contribution in [0.25, 0.3) is 0 Å². The fourth-order valence-corrected chi connectivity index (χ4v) is 3.33. The van der Waals surface area contributed by atoms with Gasteiger partial charge in [-0.25, -0.2) is 0 Å². The van der Waals surface area contributed by atoms with E-state index in [1.54, 1.807) is 0 Å². The van der Waals surface area contributed by atoms with Gasteiger partial charge in [-0.15, -0.1) is 0 Å². The molecule has 0 aromatic heterocycles. The van der Waals surface area contributed by atoms with E-state index in [-0.39, 0.29) is 12.3 Å². The zero-order valence-electron chi connectivity index (χ0n) is 11.2. The molecule has 0 aliphatic carbocycles. The summed E-state index contributed by atoms with van der Waals surface area (Å²) in [5, 5.41) is 3.38. The van der Waals surface area contributed by atoms with Crippen molar-refractivity contribution in [2.75, 3.05) is 22.6 Å². The lowest BCUT2D eigenvalue weighted by molar-refractivity contribution is -0.116. The van der Waals surface area contributed by atoms with Gasteiger partial charge in [0, 0.05) is 33.7 Å². The second kappa shape index (κ2) is 8.49. The number of rotatable bonds is 7. The predicted octanol–water partition coefficient (Wildman–Crippen LogP) is 3.45. The molecule has 20 heavy (non-hydrogen) atoms. The summed E-state index contributed by atoms with van der Waals surface area (Å²) >= 11 is 11.8. The van der Waals surface area contributed by atoms with Crippen LogP contribution in [-0.4, -0.2) is 21.6 Å². The monoisotopic (exact) mass is 336 g/mol. The van der Waals surface area contributed by atoms with Gasteiger partial charge in [0.05, 0.1) is 16.4 Å². The van der Waals surface area contributed by atoms with E-state index >= 15 is 0 Å². The summed E-state index contributed by atoms with van der Waals surface area (Å²) in [4.78, 5) is 11.8. The number of hydrogen-bond donors (Lipinski definition) is 2. The predicted molar refractivity (Wildman–Crippen MR) is 86.9 cm³/mol. The number of amides is 1. The molecule has 0 bridgehead atoms. The Hall–Kier alpha value is -0.780. The van der Waals surface area contributed by atoms with E-state index in [1.807, 2.05) is 6.92 Å². The first-order valence-corrected chi connectivity index (χ1v) is 8.57. The van der Waals surface area contributed by atoms with Crippen LogP contribution >= 0.6 is 23.2 Å². The number of carbonyl (C=O) groups excluding carboxylic acids is 1. The third-order valence-electron chi connectivity index (χ3n) is 2.56. The van der Waals surface area contributed by atoms with Gasteiger partial charge in [-0.05, 0) is 25.0 Å². The summed E-state index contributed by atoms with van der Waals surface area (Å²) in [7, 11) is -0.843. The largest absolute Gasteiger partial charge is 0.397 e. The van der Waals surface area contributed by atoms with Crippen LogP contribution in [-0.2, 0) is 15.6 Å². The maximum atomic E-state index is 11.8. The summed E-state index contributed by atoms with van der Waals surface area (Å²) < 4.78 is 11.5. The van der Waals surface area contributed by atoms with Gasteiger partial charge < -0.3 is 11.1 Å². The molecule has 0 spiro atoms. The van der Waals surface area contributed by atoms with Crippen LogP contribution in [0.15, 0.2) is 12.1 Å². The first-order chi connectivity index (χ1) is 9.43. The minimum absolute atomic E-state index is 0.200. The topological polar surface area (TPSA) is 72.2 Å². The number of benzene rings is 1. The molecule has 1 amide bonds. The first-order valence-electron chi connectivity index (χ1n) is 6.33. The molecular formula is C13H18Cl2N2O2S. The maximum Gasteiger partial charge on any atom is 0.224 e. The van der Waals surface area contributed by atoms with Crippen molar-refractivity contribution in [2.24, 2.45) is 0 Å². The molecule has 1 aromatic carbocycles. The fraction of sp³-hybridized carbons (Fsp3) is 0.462. The Morgan fingerprint density at radius 3 is 2.65 bits per heavy atom. The van der Waals surface area contributed by atoms with E-state index in [1.165, 1.54) is 12.1 Å². The van der Waals surface area contributed by atoms with Gasteiger partial charge in [-0.2, -0.15) is 0 Å². The standard InChI is InChI=1S/C13H18Cl2N2O2S/c1-2-5-20(19)6-3-4-12(18)17-13-10(15)7-9(14)8-11(13)16/h7-8H,2-6,16H2,1H3,(H,17,18). The number of nitrogens with two attached hydrogens (primary N) is 1. The Morgan fingerprint density at radius 2 is 2.05 bits per heavy atom. The number of anilines is 2. The lowest BCUT2D eigenvalue weighted by Gasteiger charge is -2.10. The van der Waals surface area contributed by atoms with Gasteiger partial charge in [0.1, 0.15) is 0 Å². The van der Waals surface area contributed by atoms with Crippen molar-refractivity contribution in [2.45, 2.75) is 26.2 Å². The quantitative estimate of drug-likeness (QED) is 0.749. The highest BCUT2D eigenvalue weighted by Gasteiger charge is 2.11. The highest BCUT2D eigenvalue weighted by atomic mass is 35.5. The number of halogens is 2. The number of hydrogen-bond acceptors (Lipinski definition) is 3. The molecule has 112 valence electrons. The Balaban J connectivity index is 2.49. The molecule has 1 unspecified atom stereocenters. The maximum absolute atomic E-state index is 11.8. The number of carbonyl (C=O) groups is 1. The van der Waals surface area contributed by atoms with Crippen LogP contribution < -0.4 is 11.1 Å².